The van der Waals surface area contributed by atoms with E-state index in [1.54, 1.807) is 0 Å². The topological polar surface area (TPSA) is 63.1 Å². The molecule has 0 aromatic carbocycles. The van der Waals surface area contributed by atoms with Gasteiger partial charge in [-0.15, -0.1) is 10.2 Å². The molecule has 1 N–H and O–H groups in total. The van der Waals surface area contributed by atoms with Gasteiger partial charge in [0.15, 0.2) is 10.2 Å². The minimum absolute atomic E-state index is 0.00407. The Hall–Kier alpha value is -0.520. The number of aromatic nitrogens is 2. The van der Waals surface area contributed by atoms with E-state index in [1.165, 1.54) is 12.1 Å². The van der Waals surface area contributed by atoms with Gasteiger partial charge in [0.05, 0.1) is 0 Å². The van der Waals surface area contributed by atoms with Crippen LogP contribution >= 0.6 is 11.6 Å². The third-order valence-corrected chi connectivity index (χ3v) is 1.56. The van der Waals surface area contributed by atoms with E-state index >= 15 is 0 Å². The molecule has 0 aliphatic carbocycles. The highest BCUT2D eigenvalue weighted by molar-refractivity contribution is 7.79. The lowest BCUT2D eigenvalue weighted by Gasteiger charge is -1.89. The van der Waals surface area contributed by atoms with Crippen molar-refractivity contribution in [3.05, 3.63) is 17.3 Å². The Balaban J connectivity index is 3.00. The molecular formula is C4H3ClN2O2S. The zero-order valence-corrected chi connectivity index (χ0v) is 6.26. The van der Waals surface area contributed by atoms with Gasteiger partial charge >= 0.3 is 0 Å². The second-order valence-corrected chi connectivity index (χ2v) is 2.75. The molecule has 0 aliphatic heterocycles. The third-order valence-electron chi connectivity index (χ3n) is 0.786. The average molecular weight is 179 g/mol. The first kappa shape index (κ1) is 7.59. The summed E-state index contributed by atoms with van der Waals surface area (Å²) in [6.07, 6.45) is 0. The van der Waals surface area contributed by atoms with Crippen molar-refractivity contribution in [3.8, 4) is 0 Å². The largest absolute Gasteiger partial charge is 0.301 e. The van der Waals surface area contributed by atoms with Gasteiger partial charge in [0, 0.05) is 0 Å². The van der Waals surface area contributed by atoms with Gasteiger partial charge in [-0.3, -0.25) is 0 Å². The van der Waals surface area contributed by atoms with Gasteiger partial charge in [0.2, 0.25) is 11.1 Å². The lowest BCUT2D eigenvalue weighted by Crippen LogP contribution is -1.94. The lowest BCUT2D eigenvalue weighted by atomic mass is 10.6. The van der Waals surface area contributed by atoms with Crippen LogP contribution in [0.2, 0.25) is 5.15 Å². The summed E-state index contributed by atoms with van der Waals surface area (Å²) >= 11 is 3.29. The maximum atomic E-state index is 10.3. The van der Waals surface area contributed by atoms with Crippen LogP contribution in [0.25, 0.3) is 0 Å². The minimum Gasteiger partial charge on any atom is -0.301 e. The van der Waals surface area contributed by atoms with Crippen LogP contribution in [0, 0.1) is 0 Å². The molecular weight excluding hydrogens is 176 g/mol. The van der Waals surface area contributed by atoms with E-state index in [9.17, 15) is 4.21 Å². The molecule has 10 heavy (non-hydrogen) atoms. The van der Waals surface area contributed by atoms with Gasteiger partial charge in [-0.25, -0.2) is 4.21 Å². The summed E-state index contributed by atoms with van der Waals surface area (Å²) in [4.78, 5) is 0. The van der Waals surface area contributed by atoms with Crippen LogP contribution in [0.1, 0.15) is 0 Å². The Labute approximate surface area is 64.5 Å². The summed E-state index contributed by atoms with van der Waals surface area (Å²) in [5.41, 5.74) is 0. The van der Waals surface area contributed by atoms with Crippen LogP contribution in [0.5, 0.6) is 0 Å². The summed E-state index contributed by atoms with van der Waals surface area (Å²) in [6.45, 7) is 0. The molecule has 0 saturated carbocycles. The summed E-state index contributed by atoms with van der Waals surface area (Å²) in [5.74, 6) is 0. The molecule has 1 aromatic heterocycles. The molecule has 54 valence electrons. The van der Waals surface area contributed by atoms with Gasteiger partial charge < -0.3 is 4.55 Å². The molecule has 0 amide bonds. The van der Waals surface area contributed by atoms with E-state index in [-0.39, 0.29) is 10.2 Å². The zero-order chi connectivity index (χ0) is 7.56. The van der Waals surface area contributed by atoms with Gasteiger partial charge in [0.25, 0.3) is 0 Å². The van der Waals surface area contributed by atoms with Crippen LogP contribution in [-0.2, 0) is 11.1 Å². The van der Waals surface area contributed by atoms with E-state index in [2.05, 4.69) is 10.2 Å². The van der Waals surface area contributed by atoms with E-state index in [0.29, 0.717) is 0 Å². The van der Waals surface area contributed by atoms with E-state index in [0.717, 1.165) is 0 Å². The smallest absolute Gasteiger partial charge is 0.207 e. The highest BCUT2D eigenvalue weighted by atomic mass is 35.5. The number of hydrogen-bond acceptors (Lipinski definition) is 3. The van der Waals surface area contributed by atoms with E-state index in [1.807, 2.05) is 0 Å². The second kappa shape index (κ2) is 3.05. The predicted molar refractivity (Wildman–Crippen MR) is 36.1 cm³/mol. The molecule has 1 unspecified atom stereocenters. The molecule has 0 bridgehead atoms. The summed E-state index contributed by atoms with van der Waals surface area (Å²) in [7, 11) is 0. The minimum atomic E-state index is -2.07. The third kappa shape index (κ3) is 1.73. The lowest BCUT2D eigenvalue weighted by molar-refractivity contribution is 0.558. The first-order valence-electron chi connectivity index (χ1n) is 2.30. The van der Waals surface area contributed by atoms with Gasteiger partial charge in [-0.2, -0.15) is 0 Å². The van der Waals surface area contributed by atoms with Crippen molar-refractivity contribution in [2.45, 2.75) is 5.03 Å². The molecule has 1 atom stereocenters. The maximum absolute atomic E-state index is 10.3. The van der Waals surface area contributed by atoms with Crippen molar-refractivity contribution < 1.29 is 8.76 Å². The van der Waals surface area contributed by atoms with Crippen LogP contribution in [0.3, 0.4) is 0 Å². The Morgan fingerprint density at radius 1 is 1.50 bits per heavy atom. The van der Waals surface area contributed by atoms with Gasteiger partial charge in [0.1, 0.15) is 0 Å². The van der Waals surface area contributed by atoms with Crippen LogP contribution < -0.4 is 0 Å². The SMILES string of the molecule is O=S(O)c1ccc(Cl)nn1. The fourth-order valence-electron chi connectivity index (χ4n) is 0.397. The standard InChI is InChI=1S/C4H3ClN2O2S/c5-3-1-2-4(7-6-3)10(8)9/h1-2H,(H,8,9). The number of halogens is 1. The Morgan fingerprint density at radius 3 is 2.60 bits per heavy atom. The molecule has 0 saturated heterocycles. The number of hydrogen-bond donors (Lipinski definition) is 1. The Kier molecular flexibility index (Phi) is 2.31. The second-order valence-electron chi connectivity index (χ2n) is 1.44. The van der Waals surface area contributed by atoms with Crippen LogP contribution in [0.4, 0.5) is 0 Å². The molecule has 4 nitrogen and oxygen atoms in total. The molecule has 0 spiro atoms. The Bertz CT molecular complexity index is 250. The average Bonchev–Trinajstić information content (AvgIpc) is 1.88. The van der Waals surface area contributed by atoms with Crippen molar-refractivity contribution in [1.82, 2.24) is 10.2 Å². The van der Waals surface area contributed by atoms with E-state index in [4.69, 9.17) is 16.2 Å². The van der Waals surface area contributed by atoms with Crippen LogP contribution in [0.15, 0.2) is 17.2 Å². The number of nitrogens with zero attached hydrogens (tertiary/aromatic N) is 2. The molecule has 1 aromatic rings. The first-order chi connectivity index (χ1) is 4.70. The number of rotatable bonds is 1. The quantitative estimate of drug-likeness (QED) is 0.644. The molecule has 6 heteroatoms. The highest BCUT2D eigenvalue weighted by Gasteiger charge is 2.00. The summed E-state index contributed by atoms with van der Waals surface area (Å²) in [6, 6.07) is 2.74. The predicted octanol–water partition coefficient (Wildman–Crippen LogP) is 0.711. The van der Waals surface area contributed by atoms with Crippen molar-refractivity contribution in [2.24, 2.45) is 0 Å². The monoisotopic (exact) mass is 178 g/mol. The highest BCUT2D eigenvalue weighted by Crippen LogP contribution is 2.03. The normalized spacial score (nSPS) is 13.0. The summed E-state index contributed by atoms with van der Waals surface area (Å²) in [5, 5.41) is 6.92. The van der Waals surface area contributed by atoms with E-state index < -0.39 is 11.1 Å². The Morgan fingerprint density at radius 2 is 2.20 bits per heavy atom. The molecule has 1 rings (SSSR count). The molecule has 0 radical (unpaired) electrons. The summed E-state index contributed by atoms with van der Waals surface area (Å²) < 4.78 is 18.7. The van der Waals surface area contributed by atoms with Gasteiger partial charge in [-0.05, 0) is 12.1 Å². The fourth-order valence-corrected chi connectivity index (χ4v) is 0.793. The van der Waals surface area contributed by atoms with Gasteiger partial charge in [-0.1, -0.05) is 11.6 Å². The first-order valence-corrected chi connectivity index (χ1v) is 3.78. The zero-order valence-electron chi connectivity index (χ0n) is 4.69. The maximum Gasteiger partial charge on any atom is 0.207 e. The molecule has 0 aliphatic rings. The van der Waals surface area contributed by atoms with Crippen LogP contribution in [-0.4, -0.2) is 19.0 Å². The molecule has 1 heterocycles. The van der Waals surface area contributed by atoms with Crippen molar-refractivity contribution >= 4 is 22.7 Å². The molecule has 0 fully saturated rings. The van der Waals surface area contributed by atoms with Crippen molar-refractivity contribution in [2.75, 3.05) is 0 Å². The fraction of sp³-hybridized carbons (Fsp3) is 0. The van der Waals surface area contributed by atoms with Crippen molar-refractivity contribution in [3.63, 3.8) is 0 Å². The van der Waals surface area contributed by atoms with Crippen molar-refractivity contribution in [1.29, 1.82) is 0 Å².